The summed E-state index contributed by atoms with van der Waals surface area (Å²) in [7, 11) is 0. The second-order valence-electron chi connectivity index (χ2n) is 46.0. The molecule has 22 atom stereocenters. The zero-order chi connectivity index (χ0) is 81.8. The van der Waals surface area contributed by atoms with Crippen LogP contribution >= 0.6 is 0 Å². The van der Waals surface area contributed by atoms with Gasteiger partial charge in [-0.2, -0.15) is 0 Å². The Balaban J connectivity index is 0.000000183. The highest BCUT2D eigenvalue weighted by molar-refractivity contribution is 5.79. The van der Waals surface area contributed by atoms with Crippen LogP contribution in [0.15, 0.2) is 0 Å². The van der Waals surface area contributed by atoms with E-state index in [1.165, 1.54) is 122 Å². The standard InChI is InChI=1S/C26H40O4.2C25H38O4.C24H36O4.8CH4/c1-5-25(3,4)24(28)29-22-14-17-12-20(22)21(13-17)23(27)30-26(6-2)18-8-15-7-16(10-18)11-19(26)9-15;1-5-24(2,3)23(27)28-21-13-16-11-19(21)20(12-16)22(26)29-25(4)17-7-14-6-15(9-17)10-18(25)8-14;1-4-14(3)23(26)28-20-13-16-12-19(20)22-17-10-15(21(16)22)11-18(17)24(27)29-25(5-2)8-6-7-9-25;1-4-13(2)22(25)27-21-12-16-10-19(21)20(11-16)23(26)28-24(3)17-6-14-5-15(8-17)9-18(24)7-14;;;;;;;;/h15-22H,5-14H2,1-4H3;14-21H,5-13H2,1-4H3;14-22H,4-13H2,1-3H3;13-21H,4-12H2,1-3H3;8*1H4. The highest BCUT2D eigenvalue weighted by atomic mass is 16.6. The predicted octanol–water partition coefficient (Wildman–Crippen LogP) is 25.6. The number of rotatable bonds is 22. The minimum absolute atomic E-state index is 0. The summed E-state index contributed by atoms with van der Waals surface area (Å²) in [6, 6.07) is 0. The summed E-state index contributed by atoms with van der Waals surface area (Å²) in [5, 5.41) is 0. The third kappa shape index (κ3) is 18.7. The molecule has 0 aromatic heterocycles. The molecule has 0 spiro atoms. The Kier molecular flexibility index (Phi) is 33.1. The van der Waals surface area contributed by atoms with E-state index in [9.17, 15) is 38.4 Å². The normalized spacial score (nSPS) is 43.9. The molecule has 22 bridgehead atoms. The van der Waals surface area contributed by atoms with Crippen LogP contribution in [-0.2, 0) is 76.3 Å². The lowest BCUT2D eigenvalue weighted by molar-refractivity contribution is -0.217. The van der Waals surface area contributed by atoms with E-state index in [1.54, 1.807) is 0 Å². The van der Waals surface area contributed by atoms with Crippen molar-refractivity contribution in [1.82, 2.24) is 0 Å². The van der Waals surface area contributed by atoms with Crippen molar-refractivity contribution < 1.29 is 76.3 Å². The Bertz CT molecular complexity index is 3570. The van der Waals surface area contributed by atoms with E-state index < -0.39 is 10.8 Å². The topological polar surface area (TPSA) is 210 Å². The van der Waals surface area contributed by atoms with Crippen LogP contribution in [0.3, 0.4) is 0 Å². The van der Waals surface area contributed by atoms with Crippen molar-refractivity contribution in [2.24, 2.45) is 188 Å². The van der Waals surface area contributed by atoms with Gasteiger partial charge < -0.3 is 37.9 Å². The van der Waals surface area contributed by atoms with E-state index in [-0.39, 0.29) is 207 Å². The maximum absolute atomic E-state index is 13.5. The molecule has 124 heavy (non-hydrogen) atoms. The monoisotopic (exact) mass is 1740 g/mol. The van der Waals surface area contributed by atoms with E-state index in [4.69, 9.17) is 37.9 Å². The molecule has 23 rings (SSSR count). The van der Waals surface area contributed by atoms with Crippen molar-refractivity contribution in [3.8, 4) is 0 Å². The van der Waals surface area contributed by atoms with E-state index in [0.717, 1.165) is 163 Å². The fourth-order valence-corrected chi connectivity index (χ4v) is 31.8. The predicted molar refractivity (Wildman–Crippen MR) is 493 cm³/mol. The lowest BCUT2D eigenvalue weighted by Crippen LogP contribution is -2.60. The van der Waals surface area contributed by atoms with Crippen molar-refractivity contribution in [2.75, 3.05) is 0 Å². The highest BCUT2D eigenvalue weighted by Gasteiger charge is 2.69. The number of carbonyl (C=O) groups excluding carboxylic acids is 8. The van der Waals surface area contributed by atoms with E-state index in [0.29, 0.717) is 82.9 Å². The minimum Gasteiger partial charge on any atom is -0.462 e. The number of fused-ring (bicyclic) bond motifs is 15. The van der Waals surface area contributed by atoms with Crippen molar-refractivity contribution in [3.05, 3.63) is 0 Å². The van der Waals surface area contributed by atoms with Gasteiger partial charge in [0.05, 0.1) is 46.3 Å². The van der Waals surface area contributed by atoms with Gasteiger partial charge in [0.2, 0.25) is 0 Å². The third-order valence-corrected chi connectivity index (χ3v) is 39.2. The number of carbonyl (C=O) groups is 8. The SMILES string of the molecule is C.C.C.C.C.C.C.C.CCC(C)(C)C(=O)OC1CC2CC(C(=O)OC3(C)C4CC5CC(C4)CC3C5)C1C2.CCC(C)(C)C(=O)OC1CC2CC(C(=O)OC3(CC)C4CC5CC(C4)CC3C5)C1C2.CCC(C)C(=O)OC1CC2CC(C(=O)OC3(C)C4CC5CC(C4)CC3C5)C1C2.CCC(C)C(=O)OC1CC2CC1C1C3CC(CC3C(=O)OC3(CC)CCCC3)C21. The number of esters is 8. The zero-order valence-corrected chi connectivity index (χ0v) is 74.0. The molecular formula is C108H184O16. The molecule has 0 N–H and O–H groups in total. The Morgan fingerprint density at radius 3 is 0.960 bits per heavy atom. The maximum atomic E-state index is 13.5. The molecule has 0 aromatic carbocycles. The van der Waals surface area contributed by atoms with Gasteiger partial charge in [0.1, 0.15) is 46.8 Å². The van der Waals surface area contributed by atoms with Gasteiger partial charge in [0, 0.05) is 17.8 Å². The Morgan fingerprint density at radius 2 is 0.621 bits per heavy atom. The van der Waals surface area contributed by atoms with Gasteiger partial charge in [-0.1, -0.05) is 115 Å². The van der Waals surface area contributed by atoms with Crippen LogP contribution in [0.4, 0.5) is 0 Å². The summed E-state index contributed by atoms with van der Waals surface area (Å²) in [6.45, 7) is 28.6. The quantitative estimate of drug-likeness (QED) is 0.0560. The molecule has 23 aliphatic rings. The van der Waals surface area contributed by atoms with Gasteiger partial charge in [-0.3, -0.25) is 38.4 Å². The van der Waals surface area contributed by atoms with Gasteiger partial charge in [-0.15, -0.1) is 0 Å². The molecule has 16 heteroatoms. The number of ether oxygens (including phenoxy) is 8. The summed E-state index contributed by atoms with van der Waals surface area (Å²) in [4.78, 5) is 103. The maximum Gasteiger partial charge on any atom is 0.311 e. The lowest BCUT2D eigenvalue weighted by atomic mass is 9.49. The van der Waals surface area contributed by atoms with Crippen LogP contribution in [0.25, 0.3) is 0 Å². The van der Waals surface area contributed by atoms with Crippen molar-refractivity contribution in [3.63, 3.8) is 0 Å². The Labute approximate surface area is 755 Å². The van der Waals surface area contributed by atoms with Gasteiger partial charge >= 0.3 is 47.8 Å². The van der Waals surface area contributed by atoms with Gasteiger partial charge in [0.25, 0.3) is 0 Å². The second-order valence-corrected chi connectivity index (χ2v) is 46.0. The van der Waals surface area contributed by atoms with Gasteiger partial charge in [0.15, 0.2) is 0 Å². The first-order valence-corrected chi connectivity index (χ1v) is 49.0. The molecular weight excluding hydrogens is 1550 g/mol. The molecule has 712 valence electrons. The molecule has 0 saturated heterocycles. The van der Waals surface area contributed by atoms with Crippen LogP contribution in [0, 0.1) is 188 Å². The van der Waals surface area contributed by atoms with Crippen LogP contribution in [-0.4, -0.2) is 94.6 Å². The van der Waals surface area contributed by atoms with Crippen LogP contribution in [0.2, 0.25) is 0 Å². The summed E-state index contributed by atoms with van der Waals surface area (Å²) >= 11 is 0. The molecule has 0 aliphatic heterocycles. The number of hydrogen-bond donors (Lipinski definition) is 0. The zero-order valence-electron chi connectivity index (χ0n) is 74.0. The molecule has 0 aromatic rings. The first-order valence-electron chi connectivity index (χ1n) is 49.0. The molecule has 0 amide bonds. The first-order chi connectivity index (χ1) is 55.3. The summed E-state index contributed by atoms with van der Waals surface area (Å²) in [5.41, 5.74) is -1.82. The smallest absolute Gasteiger partial charge is 0.311 e. The minimum atomic E-state index is -0.454. The van der Waals surface area contributed by atoms with Crippen LogP contribution < -0.4 is 0 Å². The lowest BCUT2D eigenvalue weighted by Gasteiger charge is -2.60. The van der Waals surface area contributed by atoms with Crippen molar-refractivity contribution in [2.45, 2.75) is 447 Å². The van der Waals surface area contributed by atoms with Crippen LogP contribution in [0.1, 0.15) is 400 Å². The van der Waals surface area contributed by atoms with Crippen LogP contribution in [0.5, 0.6) is 0 Å². The Hall–Kier alpha value is -4.24. The van der Waals surface area contributed by atoms with Gasteiger partial charge in [-0.25, -0.2) is 0 Å². The molecule has 16 nitrogen and oxygen atoms in total. The van der Waals surface area contributed by atoms with Gasteiger partial charge in [-0.05, 0) is 410 Å². The number of hydrogen-bond acceptors (Lipinski definition) is 16. The van der Waals surface area contributed by atoms with E-state index in [2.05, 4.69) is 27.7 Å². The molecule has 22 unspecified atom stereocenters. The van der Waals surface area contributed by atoms with E-state index >= 15 is 0 Å². The molecule has 0 radical (unpaired) electrons. The third-order valence-electron chi connectivity index (χ3n) is 39.2. The van der Waals surface area contributed by atoms with Crippen molar-refractivity contribution in [1.29, 1.82) is 0 Å². The highest BCUT2D eigenvalue weighted by Crippen LogP contribution is 2.71. The molecule has 23 saturated carbocycles. The fourth-order valence-electron chi connectivity index (χ4n) is 31.8. The average Bonchev–Trinajstić information content (AvgIpc) is 1.53. The van der Waals surface area contributed by atoms with Crippen molar-refractivity contribution >= 4 is 47.8 Å². The second kappa shape index (κ2) is 39.7. The largest absolute Gasteiger partial charge is 0.462 e. The molecule has 23 aliphatic carbocycles. The molecule has 23 fully saturated rings. The summed E-state index contributed by atoms with van der Waals surface area (Å²) in [6.07, 6.45) is 41.7. The summed E-state index contributed by atoms with van der Waals surface area (Å²) < 4.78 is 49.3. The molecule has 0 heterocycles. The first kappa shape index (κ1) is 103. The van der Waals surface area contributed by atoms with E-state index in [1.807, 2.05) is 69.2 Å². The fraction of sp³-hybridized carbons (Fsp3) is 0.926. The average molecular weight is 1740 g/mol. The Morgan fingerprint density at radius 1 is 0.315 bits per heavy atom. The summed E-state index contributed by atoms with van der Waals surface area (Å²) in [5.74, 6) is 13.9.